The van der Waals surface area contributed by atoms with E-state index in [0.29, 0.717) is 5.84 Å². The highest BCUT2D eigenvalue weighted by Crippen LogP contribution is 2.23. The molecule has 1 fully saturated rings. The maximum Gasteiger partial charge on any atom is 0.156 e. The fourth-order valence-corrected chi connectivity index (χ4v) is 3.74. The molecule has 3 N–H and O–H groups in total. The Balaban J connectivity index is 1.85. The normalized spacial score (nSPS) is 20.2. The Kier molecular flexibility index (Phi) is 5.65. The summed E-state index contributed by atoms with van der Waals surface area (Å²) in [6.07, 6.45) is 0.858. The molecule has 20 heavy (non-hydrogen) atoms. The lowest BCUT2D eigenvalue weighted by atomic mass is 10.1. The monoisotopic (exact) mass is 316 g/mol. The summed E-state index contributed by atoms with van der Waals surface area (Å²) in [4.78, 5) is 6.00. The van der Waals surface area contributed by atoms with Crippen molar-refractivity contribution in [1.82, 2.24) is 9.80 Å². The zero-order valence-electron chi connectivity index (χ0n) is 11.6. The number of rotatable bonds is 5. The van der Waals surface area contributed by atoms with Crippen LogP contribution in [0.25, 0.3) is 0 Å². The number of hydrogen-bond donors (Lipinski definition) is 2. The molecule has 2 heterocycles. The molecule has 0 aromatic carbocycles. The largest absolute Gasteiger partial charge is 0.409 e. The zero-order chi connectivity index (χ0) is 14.5. The van der Waals surface area contributed by atoms with Gasteiger partial charge < -0.3 is 10.9 Å². The van der Waals surface area contributed by atoms with Gasteiger partial charge in [0.05, 0.1) is 10.4 Å². The van der Waals surface area contributed by atoms with E-state index in [-0.39, 0.29) is 6.04 Å². The van der Waals surface area contributed by atoms with E-state index in [1.807, 2.05) is 6.07 Å². The maximum atomic E-state index is 8.83. The highest BCUT2D eigenvalue weighted by Gasteiger charge is 2.25. The van der Waals surface area contributed by atoms with Crippen molar-refractivity contribution in [1.29, 1.82) is 0 Å². The van der Waals surface area contributed by atoms with Gasteiger partial charge in [-0.25, -0.2) is 0 Å². The Morgan fingerprint density at radius 1 is 1.45 bits per heavy atom. The van der Waals surface area contributed by atoms with Crippen LogP contribution in [0, 0.1) is 0 Å². The number of amidine groups is 1. The Hall–Kier alpha value is -0.820. The summed E-state index contributed by atoms with van der Waals surface area (Å²) in [6, 6.07) is 4.08. The topological polar surface area (TPSA) is 65.1 Å². The highest BCUT2D eigenvalue weighted by atomic mass is 35.5. The van der Waals surface area contributed by atoms with Gasteiger partial charge in [-0.05, 0) is 18.6 Å². The van der Waals surface area contributed by atoms with Gasteiger partial charge in [-0.1, -0.05) is 23.7 Å². The molecule has 1 aliphatic heterocycles. The molecule has 1 unspecified atom stereocenters. The molecule has 0 amide bonds. The van der Waals surface area contributed by atoms with Crippen molar-refractivity contribution in [2.75, 3.05) is 26.2 Å². The van der Waals surface area contributed by atoms with E-state index in [1.165, 1.54) is 4.88 Å². The lowest BCUT2D eigenvalue weighted by Crippen LogP contribution is -2.53. The Labute approximate surface area is 128 Å². The molecule has 7 heteroatoms. The standard InChI is InChI=1S/C13H21ClN4OS/c1-2-11(13(15)16-19)18-7-5-17(6-8-18)9-10-3-4-12(14)20-10/h3-4,11,19H,2,5-9H2,1H3,(H2,15,16). The van der Waals surface area contributed by atoms with Crippen LogP contribution in [0.2, 0.25) is 4.34 Å². The van der Waals surface area contributed by atoms with Crippen LogP contribution in [0.1, 0.15) is 18.2 Å². The van der Waals surface area contributed by atoms with Crippen LogP contribution in [0.5, 0.6) is 0 Å². The lowest BCUT2D eigenvalue weighted by molar-refractivity contribution is 0.110. The van der Waals surface area contributed by atoms with Crippen LogP contribution in [0.15, 0.2) is 17.3 Å². The number of nitrogens with zero attached hydrogens (tertiary/aromatic N) is 3. The molecule has 1 aromatic rings. The molecule has 1 saturated heterocycles. The molecular weight excluding hydrogens is 296 g/mol. The van der Waals surface area contributed by atoms with Crippen molar-refractivity contribution in [3.8, 4) is 0 Å². The first-order valence-corrected chi connectivity index (χ1v) is 8.01. The van der Waals surface area contributed by atoms with Gasteiger partial charge in [0, 0.05) is 37.6 Å². The smallest absolute Gasteiger partial charge is 0.156 e. The van der Waals surface area contributed by atoms with Gasteiger partial charge in [-0.3, -0.25) is 9.80 Å². The second-order valence-electron chi connectivity index (χ2n) is 4.97. The molecule has 5 nitrogen and oxygen atoms in total. The van der Waals surface area contributed by atoms with E-state index in [2.05, 4.69) is 27.9 Å². The third kappa shape index (κ3) is 3.85. The average molecular weight is 317 g/mol. The van der Waals surface area contributed by atoms with Crippen LogP contribution in [0.4, 0.5) is 0 Å². The average Bonchev–Trinajstić information content (AvgIpc) is 2.86. The van der Waals surface area contributed by atoms with E-state index in [4.69, 9.17) is 22.5 Å². The Morgan fingerprint density at radius 3 is 2.65 bits per heavy atom. The summed E-state index contributed by atoms with van der Waals surface area (Å²) < 4.78 is 0.844. The summed E-state index contributed by atoms with van der Waals surface area (Å²) in [6.45, 7) is 6.87. The van der Waals surface area contributed by atoms with Crippen molar-refractivity contribution in [3.05, 3.63) is 21.3 Å². The number of oxime groups is 1. The Bertz CT molecular complexity index is 457. The highest BCUT2D eigenvalue weighted by molar-refractivity contribution is 7.16. The predicted molar refractivity (Wildman–Crippen MR) is 83.7 cm³/mol. The van der Waals surface area contributed by atoms with Crippen molar-refractivity contribution < 1.29 is 5.21 Å². The van der Waals surface area contributed by atoms with Gasteiger partial charge >= 0.3 is 0 Å². The molecular formula is C13H21ClN4OS. The molecule has 0 aliphatic carbocycles. The molecule has 1 aromatic heterocycles. The van der Waals surface area contributed by atoms with Crippen molar-refractivity contribution in [2.45, 2.75) is 25.9 Å². The summed E-state index contributed by atoms with van der Waals surface area (Å²) in [5.41, 5.74) is 5.75. The van der Waals surface area contributed by atoms with Gasteiger partial charge in [0.25, 0.3) is 0 Å². The van der Waals surface area contributed by atoms with Crippen LogP contribution in [-0.4, -0.2) is 53.1 Å². The number of thiophene rings is 1. The summed E-state index contributed by atoms with van der Waals surface area (Å²) in [7, 11) is 0. The van der Waals surface area contributed by atoms with E-state index in [9.17, 15) is 0 Å². The fourth-order valence-electron chi connectivity index (χ4n) is 2.61. The number of halogens is 1. The summed E-state index contributed by atoms with van der Waals surface area (Å²) in [5.74, 6) is 0.311. The first kappa shape index (κ1) is 15.6. The van der Waals surface area contributed by atoms with Crippen LogP contribution < -0.4 is 5.73 Å². The summed E-state index contributed by atoms with van der Waals surface area (Å²) in [5, 5.41) is 12.0. The van der Waals surface area contributed by atoms with Crippen molar-refractivity contribution in [2.24, 2.45) is 10.9 Å². The van der Waals surface area contributed by atoms with Gasteiger partial charge in [0.15, 0.2) is 5.84 Å². The molecule has 1 aliphatic rings. The lowest BCUT2D eigenvalue weighted by Gasteiger charge is -2.38. The maximum absolute atomic E-state index is 8.83. The quantitative estimate of drug-likeness (QED) is 0.378. The number of hydrogen-bond acceptors (Lipinski definition) is 5. The minimum absolute atomic E-state index is 0.0401. The molecule has 0 saturated carbocycles. The summed E-state index contributed by atoms with van der Waals surface area (Å²) >= 11 is 7.59. The van der Waals surface area contributed by atoms with E-state index in [1.54, 1.807) is 11.3 Å². The molecule has 1 atom stereocenters. The minimum atomic E-state index is 0.0401. The first-order valence-electron chi connectivity index (χ1n) is 6.82. The van der Waals surface area contributed by atoms with Gasteiger partial charge in [-0.2, -0.15) is 0 Å². The van der Waals surface area contributed by atoms with E-state index in [0.717, 1.165) is 43.5 Å². The van der Waals surface area contributed by atoms with Crippen LogP contribution >= 0.6 is 22.9 Å². The fraction of sp³-hybridized carbons (Fsp3) is 0.615. The van der Waals surface area contributed by atoms with Crippen LogP contribution in [-0.2, 0) is 6.54 Å². The number of piperazine rings is 1. The van der Waals surface area contributed by atoms with Crippen molar-refractivity contribution in [3.63, 3.8) is 0 Å². The first-order chi connectivity index (χ1) is 9.63. The third-order valence-corrected chi connectivity index (χ3v) is 4.92. The SMILES string of the molecule is CCC(C(N)=NO)N1CCN(Cc2ccc(Cl)s2)CC1. The second-order valence-corrected chi connectivity index (χ2v) is 6.77. The predicted octanol–water partition coefficient (Wildman–Crippen LogP) is 2.04. The minimum Gasteiger partial charge on any atom is -0.409 e. The Morgan fingerprint density at radius 2 is 2.15 bits per heavy atom. The molecule has 2 rings (SSSR count). The van der Waals surface area contributed by atoms with E-state index < -0.39 is 0 Å². The second kappa shape index (κ2) is 7.26. The molecule has 0 bridgehead atoms. The van der Waals surface area contributed by atoms with Gasteiger partial charge in [0.1, 0.15) is 0 Å². The van der Waals surface area contributed by atoms with Crippen LogP contribution in [0.3, 0.4) is 0 Å². The molecule has 0 spiro atoms. The van der Waals surface area contributed by atoms with Gasteiger partial charge in [0.2, 0.25) is 0 Å². The van der Waals surface area contributed by atoms with Crippen molar-refractivity contribution >= 4 is 28.8 Å². The third-order valence-electron chi connectivity index (χ3n) is 3.70. The zero-order valence-corrected chi connectivity index (χ0v) is 13.2. The molecule has 0 radical (unpaired) electrons. The van der Waals surface area contributed by atoms with E-state index >= 15 is 0 Å². The van der Waals surface area contributed by atoms with Gasteiger partial charge in [-0.15, -0.1) is 11.3 Å². The molecule has 112 valence electrons. The number of nitrogens with two attached hydrogens (primary N) is 1.